The van der Waals surface area contributed by atoms with Crippen molar-refractivity contribution in [2.45, 2.75) is 19.1 Å². The van der Waals surface area contributed by atoms with Crippen molar-refractivity contribution in [1.82, 2.24) is 14.5 Å². The molecule has 128 valence electrons. The van der Waals surface area contributed by atoms with E-state index in [9.17, 15) is 18.0 Å². The van der Waals surface area contributed by atoms with Crippen molar-refractivity contribution in [3.05, 3.63) is 59.7 Å². The van der Waals surface area contributed by atoms with Crippen molar-refractivity contribution in [2.75, 3.05) is 5.32 Å². The lowest BCUT2D eigenvalue weighted by Crippen LogP contribution is -2.16. The molecule has 3 heterocycles. The number of nitrogens with zero attached hydrogens (tertiary/aromatic N) is 2. The monoisotopic (exact) mass is 346 g/mol. The third-order valence-electron chi connectivity index (χ3n) is 4.22. The lowest BCUT2D eigenvalue weighted by atomic mass is 10.0. The van der Waals surface area contributed by atoms with Gasteiger partial charge in [0, 0.05) is 42.9 Å². The topological polar surface area (TPSA) is 62.7 Å². The molecule has 25 heavy (non-hydrogen) atoms. The number of carbonyl (C=O) groups is 1. The summed E-state index contributed by atoms with van der Waals surface area (Å²) in [6, 6.07) is 4.35. The maximum absolute atomic E-state index is 12.6. The molecule has 1 aliphatic heterocycles. The minimum absolute atomic E-state index is 0.298. The fourth-order valence-electron chi connectivity index (χ4n) is 2.99. The number of nitrogens with one attached hydrogen (secondary N) is 2. The van der Waals surface area contributed by atoms with Crippen molar-refractivity contribution in [2.24, 2.45) is 0 Å². The molecule has 0 spiro atoms. The minimum atomic E-state index is -4.40. The highest BCUT2D eigenvalue weighted by Gasteiger charge is 2.30. The number of anilines is 1. The van der Waals surface area contributed by atoms with Gasteiger partial charge in [-0.15, -0.1) is 0 Å². The van der Waals surface area contributed by atoms with E-state index in [1.807, 2.05) is 10.8 Å². The van der Waals surface area contributed by atoms with E-state index >= 15 is 0 Å². The molecule has 1 aliphatic rings. The van der Waals surface area contributed by atoms with Gasteiger partial charge in [-0.05, 0) is 24.3 Å². The quantitative estimate of drug-likeness (QED) is 0.743. The van der Waals surface area contributed by atoms with E-state index in [2.05, 4.69) is 15.3 Å². The number of hydrogen-bond acceptors (Lipinski definition) is 2. The third-order valence-corrected chi connectivity index (χ3v) is 4.22. The van der Waals surface area contributed by atoms with Crippen LogP contribution in [0.4, 0.5) is 18.9 Å². The van der Waals surface area contributed by atoms with Gasteiger partial charge in [0.1, 0.15) is 5.82 Å². The number of halogens is 3. The van der Waals surface area contributed by atoms with E-state index in [1.165, 1.54) is 12.1 Å². The van der Waals surface area contributed by atoms with Gasteiger partial charge in [0.15, 0.2) is 0 Å². The molecule has 8 heteroatoms. The average molecular weight is 346 g/mol. The second kappa shape index (κ2) is 5.51. The Morgan fingerprint density at radius 1 is 1.24 bits per heavy atom. The van der Waals surface area contributed by atoms with Gasteiger partial charge in [-0.25, -0.2) is 4.98 Å². The van der Waals surface area contributed by atoms with Crippen LogP contribution in [0.3, 0.4) is 0 Å². The summed E-state index contributed by atoms with van der Waals surface area (Å²) < 4.78 is 39.8. The van der Waals surface area contributed by atoms with Gasteiger partial charge < -0.3 is 14.9 Å². The van der Waals surface area contributed by atoms with Gasteiger partial charge in [0.25, 0.3) is 5.91 Å². The molecule has 3 aromatic rings. The summed E-state index contributed by atoms with van der Waals surface area (Å²) in [7, 11) is 0. The maximum Gasteiger partial charge on any atom is 0.416 e. The molecule has 0 saturated carbocycles. The lowest BCUT2D eigenvalue weighted by molar-refractivity contribution is -0.137. The molecule has 0 fully saturated rings. The highest BCUT2D eigenvalue weighted by Crippen LogP contribution is 2.32. The number of rotatable bonds is 2. The number of alkyl halides is 3. The summed E-state index contributed by atoms with van der Waals surface area (Å²) >= 11 is 0. The minimum Gasteiger partial charge on any atom is -0.364 e. The van der Waals surface area contributed by atoms with Crippen LogP contribution in [-0.4, -0.2) is 20.4 Å². The van der Waals surface area contributed by atoms with E-state index < -0.39 is 17.6 Å². The molecular formula is C17H13F3N4O. The van der Waals surface area contributed by atoms with Crippen LogP contribution in [0.5, 0.6) is 0 Å². The van der Waals surface area contributed by atoms with Gasteiger partial charge in [-0.2, -0.15) is 13.2 Å². The molecule has 0 unspecified atom stereocenters. The number of amides is 1. The predicted molar refractivity (Wildman–Crippen MR) is 85.1 cm³/mol. The highest BCUT2D eigenvalue weighted by molar-refractivity contribution is 6.08. The molecule has 1 aromatic carbocycles. The summed E-state index contributed by atoms with van der Waals surface area (Å²) in [4.78, 5) is 20.0. The SMILES string of the molecule is O=C(Nc1ccc(C(F)(F)F)cc1)c1c[nH]c2c1-c1nccn1CC2. The summed E-state index contributed by atoms with van der Waals surface area (Å²) in [6.45, 7) is 0.781. The summed E-state index contributed by atoms with van der Waals surface area (Å²) in [5.74, 6) is 0.314. The second-order valence-corrected chi connectivity index (χ2v) is 5.78. The second-order valence-electron chi connectivity index (χ2n) is 5.78. The Bertz CT molecular complexity index is 938. The number of H-pyrrole nitrogens is 1. The number of carbonyl (C=O) groups excluding carboxylic acids is 1. The van der Waals surface area contributed by atoms with Crippen LogP contribution in [0, 0.1) is 0 Å². The standard InChI is InChI=1S/C17H13F3N4O/c18-17(19,20)10-1-3-11(4-2-10)23-16(25)12-9-22-13-5-7-24-8-6-21-15(24)14(12)13/h1-4,6,8-9,22H,5,7H2,(H,23,25). The van der Waals surface area contributed by atoms with Gasteiger partial charge in [0.05, 0.1) is 16.7 Å². The summed E-state index contributed by atoms with van der Waals surface area (Å²) in [5.41, 5.74) is 1.62. The van der Waals surface area contributed by atoms with Gasteiger partial charge in [-0.1, -0.05) is 0 Å². The highest BCUT2D eigenvalue weighted by atomic mass is 19.4. The fourth-order valence-corrected chi connectivity index (χ4v) is 2.99. The molecule has 0 atom stereocenters. The van der Waals surface area contributed by atoms with Gasteiger partial charge >= 0.3 is 6.18 Å². The Morgan fingerprint density at radius 3 is 2.72 bits per heavy atom. The molecule has 0 saturated heterocycles. The van der Waals surface area contributed by atoms with Crippen LogP contribution in [0.25, 0.3) is 11.4 Å². The Morgan fingerprint density at radius 2 is 2.00 bits per heavy atom. The fraction of sp³-hybridized carbons (Fsp3) is 0.176. The zero-order valence-corrected chi connectivity index (χ0v) is 12.9. The van der Waals surface area contributed by atoms with Crippen LogP contribution in [0.1, 0.15) is 21.6 Å². The van der Waals surface area contributed by atoms with Gasteiger partial charge in [0.2, 0.25) is 0 Å². The van der Waals surface area contributed by atoms with E-state index in [0.717, 1.165) is 36.4 Å². The molecular weight excluding hydrogens is 333 g/mol. The van der Waals surface area contributed by atoms with E-state index in [0.29, 0.717) is 17.1 Å². The molecule has 0 radical (unpaired) electrons. The number of hydrogen-bond donors (Lipinski definition) is 2. The first-order chi connectivity index (χ1) is 11.9. The number of imidazole rings is 1. The van der Waals surface area contributed by atoms with Gasteiger partial charge in [-0.3, -0.25) is 4.79 Å². The zero-order chi connectivity index (χ0) is 17.6. The first kappa shape index (κ1) is 15.5. The number of benzene rings is 1. The Labute approximate surface area is 140 Å². The molecule has 4 rings (SSSR count). The van der Waals surface area contributed by atoms with Crippen LogP contribution < -0.4 is 5.32 Å². The van der Waals surface area contributed by atoms with Crippen LogP contribution >= 0.6 is 0 Å². The predicted octanol–water partition coefficient (Wildman–Crippen LogP) is 3.71. The molecule has 0 bridgehead atoms. The Balaban J connectivity index is 1.61. The summed E-state index contributed by atoms with van der Waals surface area (Å²) in [6.07, 6.45) is 1.48. The van der Waals surface area contributed by atoms with Crippen LogP contribution in [0.2, 0.25) is 0 Å². The molecule has 0 aliphatic carbocycles. The smallest absolute Gasteiger partial charge is 0.364 e. The van der Waals surface area contributed by atoms with Crippen molar-refractivity contribution >= 4 is 11.6 Å². The van der Waals surface area contributed by atoms with Crippen molar-refractivity contribution in [1.29, 1.82) is 0 Å². The van der Waals surface area contributed by atoms with E-state index in [-0.39, 0.29) is 0 Å². The number of aromatic amines is 1. The van der Waals surface area contributed by atoms with Crippen LogP contribution in [0.15, 0.2) is 42.9 Å². The summed E-state index contributed by atoms with van der Waals surface area (Å²) in [5, 5.41) is 2.63. The molecule has 2 N–H and O–H groups in total. The molecule has 1 amide bonds. The first-order valence-corrected chi connectivity index (χ1v) is 7.64. The maximum atomic E-state index is 12.6. The largest absolute Gasteiger partial charge is 0.416 e. The normalized spacial score (nSPS) is 13.2. The zero-order valence-electron chi connectivity index (χ0n) is 12.9. The first-order valence-electron chi connectivity index (χ1n) is 7.64. The average Bonchev–Trinajstić information content (AvgIpc) is 3.20. The number of aryl methyl sites for hydroxylation is 2. The lowest BCUT2D eigenvalue weighted by Gasteiger charge is -2.16. The number of fused-ring (bicyclic) bond motifs is 3. The molecule has 5 nitrogen and oxygen atoms in total. The Kier molecular flexibility index (Phi) is 3.41. The third kappa shape index (κ3) is 2.69. The number of aromatic nitrogens is 3. The Hall–Kier alpha value is -3.03. The van der Waals surface area contributed by atoms with Crippen molar-refractivity contribution in [3.63, 3.8) is 0 Å². The van der Waals surface area contributed by atoms with Crippen molar-refractivity contribution in [3.8, 4) is 11.4 Å². The van der Waals surface area contributed by atoms with E-state index in [4.69, 9.17) is 0 Å². The van der Waals surface area contributed by atoms with Crippen molar-refractivity contribution < 1.29 is 18.0 Å². The van der Waals surface area contributed by atoms with E-state index in [1.54, 1.807) is 12.4 Å². The van der Waals surface area contributed by atoms with Crippen LogP contribution in [-0.2, 0) is 19.1 Å². The molecule has 2 aromatic heterocycles.